The lowest BCUT2D eigenvalue weighted by Crippen LogP contribution is -2.51. The molecule has 0 unspecified atom stereocenters. The Morgan fingerprint density at radius 3 is 2.58 bits per heavy atom. The second-order valence-corrected chi connectivity index (χ2v) is 5.66. The molecule has 2 N–H and O–H groups in total. The molecule has 0 aliphatic heterocycles. The van der Waals surface area contributed by atoms with Gasteiger partial charge in [-0.05, 0) is 31.4 Å². The molecule has 104 valence electrons. The van der Waals surface area contributed by atoms with Crippen molar-refractivity contribution in [3.63, 3.8) is 0 Å². The molecule has 1 amide bonds. The fraction of sp³-hybridized carbons (Fsp3) is 0.533. The van der Waals surface area contributed by atoms with Gasteiger partial charge in [-0.25, -0.2) is 0 Å². The lowest BCUT2D eigenvalue weighted by Gasteiger charge is -2.42. The van der Waals surface area contributed by atoms with Gasteiger partial charge in [0.15, 0.2) is 0 Å². The van der Waals surface area contributed by atoms with Crippen LogP contribution in [0.1, 0.15) is 31.7 Å². The van der Waals surface area contributed by atoms with E-state index in [4.69, 9.17) is 17.3 Å². The third-order valence-electron chi connectivity index (χ3n) is 4.14. The van der Waals surface area contributed by atoms with E-state index >= 15 is 0 Å². The molecular weight excluding hydrogens is 260 g/mol. The summed E-state index contributed by atoms with van der Waals surface area (Å²) in [5, 5.41) is 0.712. The molecule has 0 heterocycles. The number of rotatable bonds is 5. The van der Waals surface area contributed by atoms with Gasteiger partial charge in [0.1, 0.15) is 0 Å². The van der Waals surface area contributed by atoms with Gasteiger partial charge in [-0.3, -0.25) is 4.79 Å². The van der Waals surface area contributed by atoms with E-state index in [0.29, 0.717) is 24.7 Å². The normalized spacial score (nSPS) is 16.8. The van der Waals surface area contributed by atoms with Crippen LogP contribution >= 0.6 is 11.6 Å². The molecule has 1 aliphatic carbocycles. The van der Waals surface area contributed by atoms with Gasteiger partial charge in [-0.1, -0.05) is 36.2 Å². The van der Waals surface area contributed by atoms with Crippen molar-refractivity contribution in [3.8, 4) is 0 Å². The molecule has 19 heavy (non-hydrogen) atoms. The Bertz CT molecular complexity index is 452. The van der Waals surface area contributed by atoms with E-state index in [1.807, 2.05) is 36.1 Å². The van der Waals surface area contributed by atoms with Gasteiger partial charge in [-0.15, -0.1) is 0 Å². The Labute approximate surface area is 119 Å². The van der Waals surface area contributed by atoms with Crippen LogP contribution in [-0.4, -0.2) is 23.9 Å². The molecule has 0 radical (unpaired) electrons. The minimum atomic E-state index is -0.308. The van der Waals surface area contributed by atoms with E-state index in [2.05, 4.69) is 0 Å². The standard InChI is InChI=1S/C15H21ClN2O/c1-2-18(10-12-6-3-4-7-13(12)16)14(19)15(11-17)8-5-9-15/h3-4,6-7H,2,5,8-11,17H2,1H3. The van der Waals surface area contributed by atoms with Crippen LogP contribution in [0.3, 0.4) is 0 Å². The quantitative estimate of drug-likeness (QED) is 0.901. The first kappa shape index (κ1) is 14.4. The van der Waals surface area contributed by atoms with Crippen LogP contribution in [0.25, 0.3) is 0 Å². The number of halogens is 1. The van der Waals surface area contributed by atoms with Crippen LogP contribution in [0.4, 0.5) is 0 Å². The highest BCUT2D eigenvalue weighted by atomic mass is 35.5. The van der Waals surface area contributed by atoms with Gasteiger partial charge < -0.3 is 10.6 Å². The summed E-state index contributed by atoms with van der Waals surface area (Å²) in [7, 11) is 0. The molecule has 4 heteroatoms. The van der Waals surface area contributed by atoms with E-state index < -0.39 is 0 Å². The van der Waals surface area contributed by atoms with Crippen LogP contribution in [0.15, 0.2) is 24.3 Å². The van der Waals surface area contributed by atoms with Gasteiger partial charge in [0.05, 0.1) is 5.41 Å². The van der Waals surface area contributed by atoms with Crippen LogP contribution in [0.5, 0.6) is 0 Å². The largest absolute Gasteiger partial charge is 0.338 e. The molecule has 0 spiro atoms. The van der Waals surface area contributed by atoms with Crippen molar-refractivity contribution in [1.82, 2.24) is 4.90 Å². The summed E-state index contributed by atoms with van der Waals surface area (Å²) < 4.78 is 0. The number of carbonyl (C=O) groups excluding carboxylic acids is 1. The molecule has 0 aromatic heterocycles. The molecular formula is C15H21ClN2O. The zero-order valence-electron chi connectivity index (χ0n) is 11.4. The number of hydrogen-bond acceptors (Lipinski definition) is 2. The van der Waals surface area contributed by atoms with Gasteiger partial charge in [0.2, 0.25) is 5.91 Å². The Morgan fingerprint density at radius 2 is 2.11 bits per heavy atom. The highest BCUT2D eigenvalue weighted by Crippen LogP contribution is 2.41. The first-order valence-corrected chi connectivity index (χ1v) is 7.23. The Balaban J connectivity index is 2.12. The predicted octanol–water partition coefficient (Wildman–Crippen LogP) is 2.82. The van der Waals surface area contributed by atoms with Crippen molar-refractivity contribution >= 4 is 17.5 Å². The monoisotopic (exact) mass is 280 g/mol. The van der Waals surface area contributed by atoms with E-state index in [1.165, 1.54) is 0 Å². The SMILES string of the molecule is CCN(Cc1ccccc1Cl)C(=O)C1(CN)CCC1. The van der Waals surface area contributed by atoms with Crippen molar-refractivity contribution in [3.05, 3.63) is 34.9 Å². The number of amides is 1. The maximum Gasteiger partial charge on any atom is 0.230 e. The zero-order valence-corrected chi connectivity index (χ0v) is 12.1. The van der Waals surface area contributed by atoms with E-state index in [9.17, 15) is 4.79 Å². The second kappa shape index (κ2) is 5.93. The fourth-order valence-electron chi connectivity index (χ4n) is 2.60. The van der Waals surface area contributed by atoms with Crippen molar-refractivity contribution in [2.45, 2.75) is 32.7 Å². The van der Waals surface area contributed by atoms with Crippen LogP contribution in [0, 0.1) is 5.41 Å². The van der Waals surface area contributed by atoms with E-state index in [0.717, 1.165) is 24.8 Å². The highest BCUT2D eigenvalue weighted by Gasteiger charge is 2.44. The number of carbonyl (C=O) groups is 1. The van der Waals surface area contributed by atoms with Gasteiger partial charge >= 0.3 is 0 Å². The Hall–Kier alpha value is -1.06. The van der Waals surface area contributed by atoms with Crippen LogP contribution < -0.4 is 5.73 Å². The summed E-state index contributed by atoms with van der Waals surface area (Å²) in [6.45, 7) is 3.70. The highest BCUT2D eigenvalue weighted by molar-refractivity contribution is 6.31. The number of nitrogens with zero attached hydrogens (tertiary/aromatic N) is 1. The number of nitrogens with two attached hydrogens (primary N) is 1. The van der Waals surface area contributed by atoms with Crippen LogP contribution in [-0.2, 0) is 11.3 Å². The summed E-state index contributed by atoms with van der Waals surface area (Å²) in [5.74, 6) is 0.184. The van der Waals surface area contributed by atoms with Gasteiger partial charge in [-0.2, -0.15) is 0 Å². The summed E-state index contributed by atoms with van der Waals surface area (Å²) in [6.07, 6.45) is 2.94. The van der Waals surface area contributed by atoms with Crippen LogP contribution in [0.2, 0.25) is 5.02 Å². The minimum absolute atomic E-state index is 0.184. The maximum atomic E-state index is 12.6. The molecule has 1 aromatic rings. The second-order valence-electron chi connectivity index (χ2n) is 5.25. The van der Waals surface area contributed by atoms with Crippen molar-refractivity contribution < 1.29 is 4.79 Å². The smallest absolute Gasteiger partial charge is 0.230 e. The third kappa shape index (κ3) is 2.77. The average molecular weight is 281 g/mol. The Morgan fingerprint density at radius 1 is 1.42 bits per heavy atom. The maximum absolute atomic E-state index is 12.6. The molecule has 0 atom stereocenters. The van der Waals surface area contributed by atoms with Crippen molar-refractivity contribution in [1.29, 1.82) is 0 Å². The molecule has 3 nitrogen and oxygen atoms in total. The third-order valence-corrected chi connectivity index (χ3v) is 4.51. The lowest BCUT2D eigenvalue weighted by molar-refractivity contribution is -0.147. The minimum Gasteiger partial charge on any atom is -0.338 e. The van der Waals surface area contributed by atoms with Crippen molar-refractivity contribution in [2.24, 2.45) is 11.1 Å². The fourth-order valence-corrected chi connectivity index (χ4v) is 2.80. The van der Waals surface area contributed by atoms with E-state index in [1.54, 1.807) is 0 Å². The molecule has 1 aromatic carbocycles. The summed E-state index contributed by atoms with van der Waals surface area (Å²) in [4.78, 5) is 14.5. The summed E-state index contributed by atoms with van der Waals surface area (Å²) >= 11 is 6.16. The summed E-state index contributed by atoms with van der Waals surface area (Å²) in [6, 6.07) is 7.67. The lowest BCUT2D eigenvalue weighted by atomic mass is 9.68. The molecule has 1 saturated carbocycles. The zero-order chi connectivity index (χ0) is 13.9. The first-order valence-electron chi connectivity index (χ1n) is 6.86. The number of benzene rings is 1. The molecule has 1 fully saturated rings. The van der Waals surface area contributed by atoms with Gasteiger partial charge in [0, 0.05) is 24.7 Å². The van der Waals surface area contributed by atoms with E-state index in [-0.39, 0.29) is 11.3 Å². The predicted molar refractivity (Wildman–Crippen MR) is 77.9 cm³/mol. The molecule has 2 rings (SSSR count). The average Bonchev–Trinajstić information content (AvgIpc) is 2.37. The first-order chi connectivity index (χ1) is 9.13. The Kier molecular flexibility index (Phi) is 4.48. The summed E-state index contributed by atoms with van der Waals surface area (Å²) in [5.41, 5.74) is 6.50. The molecule has 0 bridgehead atoms. The molecule has 1 aliphatic rings. The molecule has 0 saturated heterocycles. The van der Waals surface area contributed by atoms with Gasteiger partial charge in [0.25, 0.3) is 0 Å². The van der Waals surface area contributed by atoms with Crippen molar-refractivity contribution in [2.75, 3.05) is 13.1 Å². The topological polar surface area (TPSA) is 46.3 Å². The number of hydrogen-bond donors (Lipinski definition) is 1.